The third-order valence-electron chi connectivity index (χ3n) is 2.41. The first-order valence-corrected chi connectivity index (χ1v) is 6.32. The first-order valence-electron chi connectivity index (χ1n) is 5.53. The van der Waals surface area contributed by atoms with Gasteiger partial charge in [-0.2, -0.15) is 5.26 Å². The second kappa shape index (κ2) is 5.91. The van der Waals surface area contributed by atoms with Crippen molar-refractivity contribution >= 4 is 21.6 Å². The van der Waals surface area contributed by atoms with E-state index in [2.05, 4.69) is 47.7 Å². The highest BCUT2D eigenvalue weighted by Crippen LogP contribution is 2.24. The van der Waals surface area contributed by atoms with Crippen molar-refractivity contribution in [2.45, 2.75) is 20.8 Å². The van der Waals surface area contributed by atoms with E-state index in [1.165, 1.54) is 5.69 Å². The molecule has 0 atom stereocenters. The summed E-state index contributed by atoms with van der Waals surface area (Å²) in [4.78, 5) is 2.32. The van der Waals surface area contributed by atoms with Gasteiger partial charge in [0.15, 0.2) is 0 Å². The van der Waals surface area contributed by atoms with E-state index < -0.39 is 0 Å². The molecule has 16 heavy (non-hydrogen) atoms. The van der Waals surface area contributed by atoms with Gasteiger partial charge in [-0.25, -0.2) is 0 Å². The molecule has 0 spiro atoms. The van der Waals surface area contributed by atoms with Crippen molar-refractivity contribution in [3.63, 3.8) is 0 Å². The molecule has 0 aromatic heterocycles. The minimum atomic E-state index is 0.634. The van der Waals surface area contributed by atoms with Crippen LogP contribution in [0.4, 0.5) is 5.69 Å². The van der Waals surface area contributed by atoms with Gasteiger partial charge in [0.2, 0.25) is 0 Å². The molecule has 3 heteroatoms. The summed E-state index contributed by atoms with van der Waals surface area (Å²) in [6, 6.07) is 8.05. The Morgan fingerprint density at radius 2 is 2.12 bits per heavy atom. The summed E-state index contributed by atoms with van der Waals surface area (Å²) in [7, 11) is 0. The van der Waals surface area contributed by atoms with Gasteiger partial charge in [0.25, 0.3) is 0 Å². The molecule has 0 radical (unpaired) electrons. The van der Waals surface area contributed by atoms with E-state index in [-0.39, 0.29) is 0 Å². The molecule has 2 nitrogen and oxygen atoms in total. The van der Waals surface area contributed by atoms with Crippen molar-refractivity contribution in [3.8, 4) is 6.07 Å². The van der Waals surface area contributed by atoms with Gasteiger partial charge >= 0.3 is 0 Å². The highest BCUT2D eigenvalue weighted by molar-refractivity contribution is 9.10. The van der Waals surface area contributed by atoms with Gasteiger partial charge < -0.3 is 4.90 Å². The maximum atomic E-state index is 8.86. The molecule has 0 amide bonds. The molecule has 0 N–H and O–H groups in total. The lowest BCUT2D eigenvalue weighted by Gasteiger charge is -2.25. The summed E-state index contributed by atoms with van der Waals surface area (Å²) < 4.78 is 0.870. The number of hydrogen-bond donors (Lipinski definition) is 0. The largest absolute Gasteiger partial charge is 0.372 e. The summed E-state index contributed by atoms with van der Waals surface area (Å²) in [5.41, 5.74) is 1.85. The molecule has 0 aliphatic rings. The number of rotatable bonds is 4. The van der Waals surface area contributed by atoms with Crippen LogP contribution in [0.2, 0.25) is 0 Å². The normalized spacial score (nSPS) is 10.2. The molecular formula is C13H17BrN2. The molecule has 0 saturated heterocycles. The van der Waals surface area contributed by atoms with E-state index in [1.807, 2.05) is 18.2 Å². The summed E-state index contributed by atoms with van der Waals surface area (Å²) in [5.74, 6) is 0.634. The van der Waals surface area contributed by atoms with Crippen molar-refractivity contribution in [1.29, 1.82) is 5.26 Å². The molecule has 0 aliphatic carbocycles. The first-order chi connectivity index (χ1) is 7.58. The van der Waals surface area contributed by atoms with Gasteiger partial charge in [0, 0.05) is 23.2 Å². The van der Waals surface area contributed by atoms with Crippen LogP contribution in [0.15, 0.2) is 22.7 Å². The lowest BCUT2D eigenvalue weighted by molar-refractivity contribution is 0.619. The Hall–Kier alpha value is -1.01. The van der Waals surface area contributed by atoms with Crippen molar-refractivity contribution in [3.05, 3.63) is 28.2 Å². The van der Waals surface area contributed by atoms with Gasteiger partial charge in [0.05, 0.1) is 5.56 Å². The average Bonchev–Trinajstić information content (AvgIpc) is 2.25. The summed E-state index contributed by atoms with van der Waals surface area (Å²) in [6.45, 7) is 8.59. The second-order valence-corrected chi connectivity index (χ2v) is 5.06. The van der Waals surface area contributed by atoms with Crippen LogP contribution in [0, 0.1) is 17.2 Å². The fraction of sp³-hybridized carbons (Fsp3) is 0.462. The number of anilines is 1. The van der Waals surface area contributed by atoms with Gasteiger partial charge in [-0.3, -0.25) is 0 Å². The lowest BCUT2D eigenvalue weighted by atomic mass is 10.1. The minimum Gasteiger partial charge on any atom is -0.372 e. The van der Waals surface area contributed by atoms with E-state index in [0.29, 0.717) is 11.5 Å². The van der Waals surface area contributed by atoms with Crippen LogP contribution in [0.3, 0.4) is 0 Å². The van der Waals surface area contributed by atoms with Crippen molar-refractivity contribution in [2.24, 2.45) is 5.92 Å². The monoisotopic (exact) mass is 280 g/mol. The Bertz CT molecular complexity index is 393. The molecule has 86 valence electrons. The number of halogens is 1. The standard InChI is InChI=1S/C13H17BrN2/c1-4-16(9-10(2)3)12-6-5-11(8-15)13(14)7-12/h5-7,10H,4,9H2,1-3H3. The van der Waals surface area contributed by atoms with Crippen LogP contribution in [0.25, 0.3) is 0 Å². The van der Waals surface area contributed by atoms with Crippen molar-refractivity contribution in [2.75, 3.05) is 18.0 Å². The van der Waals surface area contributed by atoms with Gasteiger partial charge in [-0.05, 0) is 47.0 Å². The first kappa shape index (κ1) is 13.1. The van der Waals surface area contributed by atoms with E-state index >= 15 is 0 Å². The highest BCUT2D eigenvalue weighted by Gasteiger charge is 2.08. The van der Waals surface area contributed by atoms with Crippen LogP contribution >= 0.6 is 15.9 Å². The number of nitriles is 1. The Labute approximate surface area is 106 Å². The topological polar surface area (TPSA) is 27.0 Å². The Morgan fingerprint density at radius 1 is 1.44 bits per heavy atom. The molecule has 1 aromatic rings. The predicted octanol–water partition coefficient (Wildman–Crippen LogP) is 3.80. The Balaban J connectivity index is 2.94. The molecule has 0 unspecified atom stereocenters. The summed E-state index contributed by atoms with van der Waals surface area (Å²) >= 11 is 3.42. The molecular weight excluding hydrogens is 264 g/mol. The lowest BCUT2D eigenvalue weighted by Crippen LogP contribution is -2.27. The van der Waals surface area contributed by atoms with Crippen LogP contribution in [-0.4, -0.2) is 13.1 Å². The predicted molar refractivity (Wildman–Crippen MR) is 71.6 cm³/mol. The number of nitrogens with zero attached hydrogens (tertiary/aromatic N) is 2. The van der Waals surface area contributed by atoms with Crippen molar-refractivity contribution in [1.82, 2.24) is 0 Å². The maximum Gasteiger partial charge on any atom is 0.100 e. The fourth-order valence-corrected chi connectivity index (χ4v) is 2.10. The van der Waals surface area contributed by atoms with Gasteiger partial charge in [-0.1, -0.05) is 13.8 Å². The molecule has 1 rings (SSSR count). The SMILES string of the molecule is CCN(CC(C)C)c1ccc(C#N)c(Br)c1. The van der Waals surface area contributed by atoms with E-state index in [4.69, 9.17) is 5.26 Å². The zero-order valence-electron chi connectivity index (χ0n) is 10.00. The highest BCUT2D eigenvalue weighted by atomic mass is 79.9. The smallest absolute Gasteiger partial charge is 0.100 e. The third kappa shape index (κ3) is 3.24. The van der Waals surface area contributed by atoms with Crippen molar-refractivity contribution < 1.29 is 0 Å². The second-order valence-electron chi connectivity index (χ2n) is 4.21. The average molecular weight is 281 g/mol. The molecule has 0 heterocycles. The van der Waals surface area contributed by atoms with Crippen LogP contribution < -0.4 is 4.90 Å². The molecule has 0 aliphatic heterocycles. The number of benzene rings is 1. The van der Waals surface area contributed by atoms with E-state index in [0.717, 1.165) is 17.6 Å². The van der Waals surface area contributed by atoms with Crippen LogP contribution in [0.5, 0.6) is 0 Å². The quantitative estimate of drug-likeness (QED) is 0.839. The van der Waals surface area contributed by atoms with E-state index in [1.54, 1.807) is 0 Å². The van der Waals surface area contributed by atoms with E-state index in [9.17, 15) is 0 Å². The summed E-state index contributed by atoms with van der Waals surface area (Å²) in [6.07, 6.45) is 0. The fourth-order valence-electron chi connectivity index (χ4n) is 1.65. The van der Waals surface area contributed by atoms with Crippen LogP contribution in [-0.2, 0) is 0 Å². The number of hydrogen-bond acceptors (Lipinski definition) is 2. The van der Waals surface area contributed by atoms with Crippen LogP contribution in [0.1, 0.15) is 26.3 Å². The molecule has 1 aromatic carbocycles. The molecule has 0 fully saturated rings. The third-order valence-corrected chi connectivity index (χ3v) is 3.06. The van der Waals surface area contributed by atoms with Gasteiger partial charge in [-0.15, -0.1) is 0 Å². The Morgan fingerprint density at radius 3 is 2.56 bits per heavy atom. The molecule has 0 bridgehead atoms. The zero-order chi connectivity index (χ0) is 12.1. The minimum absolute atomic E-state index is 0.634. The van der Waals surface area contributed by atoms with Gasteiger partial charge in [0.1, 0.15) is 6.07 Å². The molecule has 0 saturated carbocycles. The zero-order valence-corrected chi connectivity index (χ0v) is 11.6. The Kier molecular flexibility index (Phi) is 4.82. The maximum absolute atomic E-state index is 8.86. The summed E-state index contributed by atoms with van der Waals surface area (Å²) in [5, 5.41) is 8.86.